The molecule has 0 spiro atoms. The van der Waals surface area contributed by atoms with Gasteiger partial charge in [0, 0.05) is 36.3 Å². The zero-order chi connectivity index (χ0) is 21.4. The van der Waals surface area contributed by atoms with Crippen LogP contribution < -0.4 is 16.0 Å². The van der Waals surface area contributed by atoms with Gasteiger partial charge in [0.15, 0.2) is 5.76 Å². The van der Waals surface area contributed by atoms with Crippen molar-refractivity contribution in [2.45, 2.75) is 18.9 Å². The lowest BCUT2D eigenvalue weighted by atomic mass is 9.84. The quantitative estimate of drug-likeness (QED) is 0.603. The van der Waals surface area contributed by atoms with Gasteiger partial charge in [0.25, 0.3) is 5.91 Å². The number of amides is 3. The summed E-state index contributed by atoms with van der Waals surface area (Å²) in [4.78, 5) is 27.0. The maximum Gasteiger partial charge on any atom is 0.318 e. The minimum Gasteiger partial charge on any atom is -0.450 e. The van der Waals surface area contributed by atoms with Gasteiger partial charge in [0.1, 0.15) is 5.58 Å². The Morgan fingerprint density at radius 1 is 1.06 bits per heavy atom. The van der Waals surface area contributed by atoms with Crippen molar-refractivity contribution in [3.63, 3.8) is 0 Å². The molecule has 1 atom stereocenters. The number of carbonyl (C=O) groups is 2. The molecule has 3 aliphatic rings. The molecule has 4 heterocycles. The van der Waals surface area contributed by atoms with Gasteiger partial charge in [0.2, 0.25) is 0 Å². The predicted octanol–water partition coefficient (Wildman–Crippen LogP) is 3.68. The minimum atomic E-state index is -0.278. The summed E-state index contributed by atoms with van der Waals surface area (Å²) in [5.41, 5.74) is 3.12. The number of piperidine rings is 3. The number of benzene rings is 2. The van der Waals surface area contributed by atoms with Crippen LogP contribution in [-0.2, 0) is 0 Å². The summed E-state index contributed by atoms with van der Waals surface area (Å²) in [6, 6.07) is 15.1. The highest BCUT2D eigenvalue weighted by molar-refractivity contribution is 6.00. The maximum atomic E-state index is 12.9. The molecule has 2 bridgehead atoms. The van der Waals surface area contributed by atoms with E-state index in [1.54, 1.807) is 7.05 Å². The first-order chi connectivity index (χ1) is 15.1. The van der Waals surface area contributed by atoms with E-state index in [0.29, 0.717) is 22.9 Å². The summed E-state index contributed by atoms with van der Waals surface area (Å²) in [5.74, 6) is 0.735. The number of hydrogen-bond donors (Lipinski definition) is 3. The molecule has 0 radical (unpaired) electrons. The Balaban J connectivity index is 1.41. The summed E-state index contributed by atoms with van der Waals surface area (Å²) in [6.45, 7) is 3.20. The van der Waals surface area contributed by atoms with Crippen LogP contribution in [0.3, 0.4) is 0 Å². The Kier molecular flexibility index (Phi) is 5.11. The molecule has 1 aromatic heterocycles. The minimum absolute atomic E-state index is 0.157. The third-order valence-corrected chi connectivity index (χ3v) is 6.40. The van der Waals surface area contributed by atoms with Crippen LogP contribution in [0, 0.1) is 5.92 Å². The van der Waals surface area contributed by atoms with Crippen LogP contribution in [0.15, 0.2) is 52.9 Å². The molecule has 3 aliphatic heterocycles. The number of nitrogens with zero attached hydrogens (tertiary/aromatic N) is 1. The lowest BCUT2D eigenvalue weighted by Crippen LogP contribution is -2.57. The van der Waals surface area contributed by atoms with E-state index in [1.807, 2.05) is 48.5 Å². The number of para-hydroxylation sites is 1. The number of anilines is 1. The summed E-state index contributed by atoms with van der Waals surface area (Å²) in [6.07, 6.45) is 2.30. The molecule has 7 nitrogen and oxygen atoms in total. The van der Waals surface area contributed by atoms with Crippen LogP contribution in [0.25, 0.3) is 22.1 Å². The van der Waals surface area contributed by atoms with Crippen molar-refractivity contribution in [3.05, 3.63) is 54.3 Å². The van der Waals surface area contributed by atoms with E-state index in [1.165, 1.54) is 0 Å². The number of rotatable bonds is 4. The highest BCUT2D eigenvalue weighted by Crippen LogP contribution is 2.33. The molecule has 31 heavy (non-hydrogen) atoms. The van der Waals surface area contributed by atoms with Crippen LogP contribution in [0.2, 0.25) is 0 Å². The first-order valence-electron chi connectivity index (χ1n) is 10.8. The molecule has 160 valence electrons. The molecule has 0 aliphatic carbocycles. The van der Waals surface area contributed by atoms with Gasteiger partial charge in [-0.15, -0.1) is 0 Å². The zero-order valence-electron chi connectivity index (χ0n) is 17.5. The van der Waals surface area contributed by atoms with Crippen LogP contribution in [0.5, 0.6) is 0 Å². The second-order valence-electron chi connectivity index (χ2n) is 8.34. The van der Waals surface area contributed by atoms with Crippen molar-refractivity contribution in [3.8, 4) is 11.1 Å². The first kappa shape index (κ1) is 19.6. The molecule has 3 amide bonds. The fourth-order valence-electron chi connectivity index (χ4n) is 4.73. The second kappa shape index (κ2) is 8.07. The van der Waals surface area contributed by atoms with Gasteiger partial charge in [0.05, 0.1) is 0 Å². The maximum absolute atomic E-state index is 12.9. The summed E-state index contributed by atoms with van der Waals surface area (Å²) >= 11 is 0. The van der Waals surface area contributed by atoms with Crippen molar-refractivity contribution in [2.75, 3.05) is 32.0 Å². The number of carbonyl (C=O) groups excluding carboxylic acids is 2. The molecule has 3 fully saturated rings. The third kappa shape index (κ3) is 3.88. The molecule has 2 aromatic carbocycles. The average molecular weight is 418 g/mol. The first-order valence-corrected chi connectivity index (χ1v) is 10.8. The van der Waals surface area contributed by atoms with Crippen LogP contribution >= 0.6 is 0 Å². The molecule has 7 heteroatoms. The van der Waals surface area contributed by atoms with Crippen molar-refractivity contribution < 1.29 is 14.0 Å². The Morgan fingerprint density at radius 3 is 2.61 bits per heavy atom. The number of furan rings is 1. The number of nitrogens with one attached hydrogen (secondary N) is 3. The monoisotopic (exact) mass is 418 g/mol. The Bertz CT molecular complexity index is 1130. The van der Waals surface area contributed by atoms with Crippen LogP contribution in [0.4, 0.5) is 10.5 Å². The highest BCUT2D eigenvalue weighted by Gasteiger charge is 2.35. The average Bonchev–Trinajstić information content (AvgIpc) is 3.25. The summed E-state index contributed by atoms with van der Waals surface area (Å²) in [7, 11) is 1.57. The molecule has 3 saturated heterocycles. The van der Waals surface area contributed by atoms with Crippen molar-refractivity contribution >= 4 is 28.6 Å². The van der Waals surface area contributed by atoms with Crippen molar-refractivity contribution in [1.82, 2.24) is 15.5 Å². The van der Waals surface area contributed by atoms with E-state index in [4.69, 9.17) is 4.42 Å². The van der Waals surface area contributed by atoms with Gasteiger partial charge in [-0.1, -0.05) is 30.3 Å². The molecule has 3 N–H and O–H groups in total. The van der Waals surface area contributed by atoms with Gasteiger partial charge in [-0.3, -0.25) is 4.79 Å². The Morgan fingerprint density at radius 2 is 1.87 bits per heavy atom. The summed E-state index contributed by atoms with van der Waals surface area (Å²) < 4.78 is 6.05. The van der Waals surface area contributed by atoms with E-state index in [2.05, 4.69) is 20.9 Å². The zero-order valence-corrected chi connectivity index (χ0v) is 17.5. The number of hydrogen-bond acceptors (Lipinski definition) is 4. The lowest BCUT2D eigenvalue weighted by Gasteiger charge is -2.44. The van der Waals surface area contributed by atoms with Crippen LogP contribution in [-0.4, -0.2) is 49.6 Å². The standard InChI is InChI=1S/C24H26N4O3/c1-25-24(30)26-18-6-2-4-16(12-18)19-7-3-5-17-13-21(31-22(17)19)23(29)27-20-14-28-10-8-15(20)9-11-28/h2-7,12-13,15,20H,8-11,14H2,1H3,(H,27,29)(H2,25,26,30)/t20-/m0/s1. The largest absolute Gasteiger partial charge is 0.450 e. The van der Waals surface area contributed by atoms with E-state index < -0.39 is 0 Å². The van der Waals surface area contributed by atoms with E-state index >= 15 is 0 Å². The van der Waals surface area contributed by atoms with Gasteiger partial charge < -0.3 is 25.3 Å². The van der Waals surface area contributed by atoms with Gasteiger partial charge >= 0.3 is 6.03 Å². The SMILES string of the molecule is CNC(=O)Nc1cccc(-c2cccc3cc(C(=O)N[C@H]4CN5CCC4CC5)oc23)c1. The molecule has 0 saturated carbocycles. The van der Waals surface area contributed by atoms with Gasteiger partial charge in [-0.05, 0) is 55.6 Å². The fraction of sp³-hybridized carbons (Fsp3) is 0.333. The second-order valence-corrected chi connectivity index (χ2v) is 8.34. The molecule has 6 rings (SSSR count). The normalized spacial score (nSPS) is 22.3. The summed E-state index contributed by atoms with van der Waals surface area (Å²) in [5, 5.41) is 9.40. The van der Waals surface area contributed by atoms with E-state index in [9.17, 15) is 9.59 Å². The van der Waals surface area contributed by atoms with E-state index in [0.717, 1.165) is 49.0 Å². The highest BCUT2D eigenvalue weighted by atomic mass is 16.3. The fourth-order valence-corrected chi connectivity index (χ4v) is 4.73. The number of urea groups is 1. The molecule has 3 aromatic rings. The number of fused-ring (bicyclic) bond motifs is 4. The predicted molar refractivity (Wildman–Crippen MR) is 120 cm³/mol. The lowest BCUT2D eigenvalue weighted by molar-refractivity contribution is 0.0607. The molecular formula is C24H26N4O3. The van der Waals surface area contributed by atoms with Gasteiger partial charge in [-0.25, -0.2) is 4.79 Å². The topological polar surface area (TPSA) is 86.6 Å². The Hall–Kier alpha value is -3.32. The van der Waals surface area contributed by atoms with Crippen LogP contribution in [0.1, 0.15) is 23.4 Å². The molecule has 0 unspecified atom stereocenters. The Labute approximate surface area is 180 Å². The van der Waals surface area contributed by atoms with Gasteiger partial charge in [-0.2, -0.15) is 0 Å². The van der Waals surface area contributed by atoms with E-state index in [-0.39, 0.29) is 18.0 Å². The smallest absolute Gasteiger partial charge is 0.318 e. The van der Waals surface area contributed by atoms with Crippen molar-refractivity contribution in [2.24, 2.45) is 5.92 Å². The molecular weight excluding hydrogens is 392 g/mol. The van der Waals surface area contributed by atoms with Crippen molar-refractivity contribution in [1.29, 1.82) is 0 Å². The third-order valence-electron chi connectivity index (χ3n) is 6.40.